The van der Waals surface area contributed by atoms with Crippen molar-refractivity contribution in [2.45, 2.75) is 6.42 Å². The average molecular weight is 315 g/mol. The minimum atomic E-state index is 0.244. The molecule has 5 N–H and O–H groups in total. The number of nitrogens with zero attached hydrogens (tertiary/aromatic N) is 4. The van der Waals surface area contributed by atoms with Crippen molar-refractivity contribution in [2.24, 2.45) is 10.2 Å². The largest absolute Gasteiger partial charge is 0.382 e. The first-order valence-electron chi connectivity index (χ1n) is 7.62. The highest BCUT2D eigenvalue weighted by molar-refractivity contribution is 5.70. The second-order valence-corrected chi connectivity index (χ2v) is 5.44. The molecule has 8 heteroatoms. The third-order valence-corrected chi connectivity index (χ3v) is 3.82. The SMILES string of the molecule is Nc1n[nH]c(N)c1N=Nc1ccc(CCN2CCOCC2)cc1. The van der Waals surface area contributed by atoms with E-state index in [-0.39, 0.29) is 5.82 Å². The van der Waals surface area contributed by atoms with Crippen LogP contribution in [0.2, 0.25) is 0 Å². The number of azo groups is 1. The maximum absolute atomic E-state index is 5.67. The zero-order chi connectivity index (χ0) is 16.1. The quantitative estimate of drug-likeness (QED) is 0.728. The molecule has 3 rings (SSSR count). The van der Waals surface area contributed by atoms with Crippen LogP contribution in [-0.4, -0.2) is 47.9 Å². The summed E-state index contributed by atoms with van der Waals surface area (Å²) in [5.41, 5.74) is 13.7. The van der Waals surface area contributed by atoms with Crippen molar-refractivity contribution >= 4 is 23.0 Å². The van der Waals surface area contributed by atoms with Gasteiger partial charge in [-0.15, -0.1) is 5.11 Å². The van der Waals surface area contributed by atoms with Crippen LogP contribution in [0.3, 0.4) is 0 Å². The molecule has 0 amide bonds. The molecule has 0 atom stereocenters. The van der Waals surface area contributed by atoms with Crippen molar-refractivity contribution in [3.63, 3.8) is 0 Å². The molecular formula is C15H21N7O. The molecule has 122 valence electrons. The van der Waals surface area contributed by atoms with Crippen molar-refractivity contribution in [1.29, 1.82) is 0 Å². The number of aromatic nitrogens is 2. The molecule has 0 bridgehead atoms. The van der Waals surface area contributed by atoms with Crippen LogP contribution in [0.25, 0.3) is 0 Å². The maximum Gasteiger partial charge on any atom is 0.175 e. The molecule has 0 saturated carbocycles. The number of H-pyrrole nitrogens is 1. The van der Waals surface area contributed by atoms with E-state index >= 15 is 0 Å². The molecule has 0 spiro atoms. The fourth-order valence-corrected chi connectivity index (χ4v) is 2.42. The van der Waals surface area contributed by atoms with Gasteiger partial charge >= 0.3 is 0 Å². The van der Waals surface area contributed by atoms with E-state index in [0.717, 1.165) is 45.0 Å². The number of hydrogen-bond acceptors (Lipinski definition) is 7. The molecule has 2 aromatic rings. The van der Waals surface area contributed by atoms with Crippen molar-refractivity contribution in [3.8, 4) is 0 Å². The molecule has 2 heterocycles. The van der Waals surface area contributed by atoms with Gasteiger partial charge in [0.15, 0.2) is 11.5 Å². The molecule has 1 aliphatic heterocycles. The average Bonchev–Trinajstić information content (AvgIpc) is 2.91. The number of benzene rings is 1. The van der Waals surface area contributed by atoms with Crippen molar-refractivity contribution < 1.29 is 4.74 Å². The fraction of sp³-hybridized carbons (Fsp3) is 0.400. The number of morpholine rings is 1. The molecule has 0 aliphatic carbocycles. The summed E-state index contributed by atoms with van der Waals surface area (Å²) in [4.78, 5) is 2.42. The van der Waals surface area contributed by atoms with Gasteiger partial charge in [-0.05, 0) is 24.1 Å². The Balaban J connectivity index is 1.56. The van der Waals surface area contributed by atoms with E-state index in [9.17, 15) is 0 Å². The summed E-state index contributed by atoms with van der Waals surface area (Å²) in [6.07, 6.45) is 1.01. The van der Waals surface area contributed by atoms with Gasteiger partial charge in [-0.3, -0.25) is 10.00 Å². The van der Waals surface area contributed by atoms with Gasteiger partial charge in [-0.25, -0.2) is 0 Å². The minimum absolute atomic E-state index is 0.244. The van der Waals surface area contributed by atoms with Crippen LogP contribution in [0, 0.1) is 0 Å². The third kappa shape index (κ3) is 4.05. The number of ether oxygens (including phenoxy) is 1. The Morgan fingerprint density at radius 2 is 1.87 bits per heavy atom. The van der Waals surface area contributed by atoms with Gasteiger partial charge in [0.05, 0.1) is 18.9 Å². The summed E-state index contributed by atoms with van der Waals surface area (Å²) in [6.45, 7) is 4.74. The number of nitrogen functional groups attached to an aromatic ring is 2. The standard InChI is InChI=1S/C15H21N7O/c16-14-13(15(17)21-20-14)19-18-12-3-1-11(2-4-12)5-6-22-7-9-23-10-8-22/h1-4H,5-10H2,(H5,16,17,20,21). The molecule has 1 fully saturated rings. The number of rotatable bonds is 5. The normalized spacial score (nSPS) is 16.2. The molecule has 1 aromatic carbocycles. The zero-order valence-corrected chi connectivity index (χ0v) is 12.9. The Morgan fingerprint density at radius 1 is 1.13 bits per heavy atom. The lowest BCUT2D eigenvalue weighted by atomic mass is 10.1. The molecule has 1 aromatic heterocycles. The van der Waals surface area contributed by atoms with Crippen LogP contribution >= 0.6 is 0 Å². The predicted octanol–water partition coefficient (Wildman–Crippen LogP) is 1.86. The van der Waals surface area contributed by atoms with E-state index in [1.807, 2.05) is 12.1 Å². The number of anilines is 2. The van der Waals surface area contributed by atoms with Crippen LogP contribution in [0.5, 0.6) is 0 Å². The summed E-state index contributed by atoms with van der Waals surface area (Å²) in [5.74, 6) is 0.557. The molecule has 0 radical (unpaired) electrons. The lowest BCUT2D eigenvalue weighted by molar-refractivity contribution is 0.0384. The number of nitrogens with one attached hydrogen (secondary N) is 1. The molecule has 0 unspecified atom stereocenters. The first-order valence-corrected chi connectivity index (χ1v) is 7.62. The number of hydrogen-bond donors (Lipinski definition) is 3. The molecule has 1 aliphatic rings. The van der Waals surface area contributed by atoms with Gasteiger partial charge in [0.2, 0.25) is 0 Å². The Bertz CT molecular complexity index is 639. The fourth-order valence-electron chi connectivity index (χ4n) is 2.42. The second kappa shape index (κ2) is 7.21. The van der Waals surface area contributed by atoms with Crippen LogP contribution in [-0.2, 0) is 11.2 Å². The number of nitrogens with two attached hydrogens (primary N) is 2. The third-order valence-electron chi connectivity index (χ3n) is 3.82. The van der Waals surface area contributed by atoms with Gasteiger partial charge in [0.1, 0.15) is 5.82 Å². The van der Waals surface area contributed by atoms with E-state index in [1.165, 1.54) is 5.56 Å². The summed E-state index contributed by atoms with van der Waals surface area (Å²) in [7, 11) is 0. The van der Waals surface area contributed by atoms with Crippen molar-refractivity contribution in [3.05, 3.63) is 29.8 Å². The summed E-state index contributed by atoms with van der Waals surface area (Å²) < 4.78 is 5.35. The van der Waals surface area contributed by atoms with E-state index < -0.39 is 0 Å². The van der Waals surface area contributed by atoms with Gasteiger partial charge in [-0.1, -0.05) is 12.1 Å². The first-order chi connectivity index (χ1) is 11.2. The van der Waals surface area contributed by atoms with Gasteiger partial charge in [-0.2, -0.15) is 10.2 Å². The monoisotopic (exact) mass is 315 g/mol. The first kappa shape index (κ1) is 15.4. The van der Waals surface area contributed by atoms with E-state index in [4.69, 9.17) is 16.2 Å². The van der Waals surface area contributed by atoms with Crippen LogP contribution < -0.4 is 11.5 Å². The Morgan fingerprint density at radius 3 is 2.52 bits per heavy atom. The van der Waals surface area contributed by atoms with Gasteiger partial charge < -0.3 is 16.2 Å². The van der Waals surface area contributed by atoms with Crippen LogP contribution in [0.1, 0.15) is 5.56 Å². The second-order valence-electron chi connectivity index (χ2n) is 5.44. The Hall–Kier alpha value is -2.45. The molecule has 8 nitrogen and oxygen atoms in total. The number of aromatic amines is 1. The molecular weight excluding hydrogens is 294 g/mol. The summed E-state index contributed by atoms with van der Waals surface area (Å²) in [5, 5.41) is 14.5. The maximum atomic E-state index is 5.67. The molecule has 1 saturated heterocycles. The predicted molar refractivity (Wildman–Crippen MR) is 89.0 cm³/mol. The molecule has 23 heavy (non-hydrogen) atoms. The van der Waals surface area contributed by atoms with Crippen LogP contribution in [0.15, 0.2) is 34.5 Å². The highest BCUT2D eigenvalue weighted by Crippen LogP contribution is 2.28. The van der Waals surface area contributed by atoms with Crippen LogP contribution in [0.4, 0.5) is 23.0 Å². The highest BCUT2D eigenvalue weighted by Gasteiger charge is 2.10. The van der Waals surface area contributed by atoms with Crippen molar-refractivity contribution in [1.82, 2.24) is 15.1 Å². The Labute approximate surface area is 134 Å². The van der Waals surface area contributed by atoms with E-state index in [1.54, 1.807) is 0 Å². The lowest BCUT2D eigenvalue weighted by Crippen LogP contribution is -2.37. The van der Waals surface area contributed by atoms with Gasteiger partial charge in [0, 0.05) is 19.6 Å². The van der Waals surface area contributed by atoms with E-state index in [2.05, 4.69) is 37.5 Å². The summed E-state index contributed by atoms with van der Waals surface area (Å²) in [6, 6.07) is 8.00. The minimum Gasteiger partial charge on any atom is -0.382 e. The van der Waals surface area contributed by atoms with Crippen molar-refractivity contribution in [2.75, 3.05) is 44.3 Å². The topological polar surface area (TPSA) is 118 Å². The Kier molecular flexibility index (Phi) is 4.84. The smallest absolute Gasteiger partial charge is 0.175 e. The lowest BCUT2D eigenvalue weighted by Gasteiger charge is -2.26. The summed E-state index contributed by atoms with van der Waals surface area (Å²) >= 11 is 0. The van der Waals surface area contributed by atoms with E-state index in [0.29, 0.717) is 11.5 Å². The highest BCUT2D eigenvalue weighted by atomic mass is 16.5. The zero-order valence-electron chi connectivity index (χ0n) is 12.9. The van der Waals surface area contributed by atoms with Gasteiger partial charge in [0.25, 0.3) is 0 Å².